The Balaban J connectivity index is 2.49. The van der Waals surface area contributed by atoms with Crippen LogP contribution in [0.3, 0.4) is 0 Å². The number of carbonyl (C=O) groups is 2. The molecule has 8 atom stereocenters. The minimum absolute atomic E-state index is 0.100. The van der Waals surface area contributed by atoms with Gasteiger partial charge in [-0.05, 0) is 38.5 Å². The molecule has 0 bridgehead atoms. The van der Waals surface area contributed by atoms with E-state index in [0.29, 0.717) is 12.8 Å². The summed E-state index contributed by atoms with van der Waals surface area (Å²) in [5.41, 5.74) is 0. The van der Waals surface area contributed by atoms with Gasteiger partial charge in [-0.2, -0.15) is 0 Å². The van der Waals surface area contributed by atoms with Crippen LogP contribution in [0, 0.1) is 0 Å². The molecule has 6 unspecified atom stereocenters. The quantitative estimate of drug-likeness (QED) is 0.0154. The van der Waals surface area contributed by atoms with Crippen molar-refractivity contribution >= 4 is 19.8 Å². The van der Waals surface area contributed by atoms with Gasteiger partial charge in [-0.1, -0.05) is 148 Å². The molecule has 0 saturated heterocycles. The van der Waals surface area contributed by atoms with Crippen LogP contribution in [-0.4, -0.2) is 98.3 Å². The molecule has 14 heteroatoms. The number of unbranched alkanes of at least 4 members (excludes halogenated alkanes) is 22. The van der Waals surface area contributed by atoms with E-state index in [-0.39, 0.29) is 12.8 Å². The Hall–Kier alpha value is -1.41. The largest absolute Gasteiger partial charge is 0.472 e. The molecule has 13 nitrogen and oxygen atoms in total. The van der Waals surface area contributed by atoms with E-state index in [2.05, 4.69) is 26.0 Å². The van der Waals surface area contributed by atoms with E-state index >= 15 is 0 Å². The minimum Gasteiger partial charge on any atom is -0.462 e. The lowest BCUT2D eigenvalue weighted by Gasteiger charge is -2.41. The van der Waals surface area contributed by atoms with E-state index in [1.165, 1.54) is 83.5 Å². The lowest BCUT2D eigenvalue weighted by Crippen LogP contribution is -2.64. The standard InChI is InChI=1S/C42H79O13P/c1-3-5-7-9-11-13-15-17-19-20-22-24-26-28-30-35(43)52-32-34(33-53-56(50,51)55-42-40(48)38(46)37(45)39(47)41(42)49)54-36(44)31-29-27-25-23-21-18-16-14-12-10-8-6-4-2/h15,17,34,37-42,45-49H,3-14,16,18-33H2,1-2H3,(H,50,51)/b17-15-/t34-,37?,38-,39?,40?,41?,42?/m1/s1. The highest BCUT2D eigenvalue weighted by atomic mass is 31.2. The van der Waals surface area contributed by atoms with E-state index in [1.54, 1.807) is 0 Å². The van der Waals surface area contributed by atoms with Crippen LogP contribution in [0.15, 0.2) is 12.2 Å². The maximum atomic E-state index is 12.8. The lowest BCUT2D eigenvalue weighted by atomic mass is 9.85. The highest BCUT2D eigenvalue weighted by Crippen LogP contribution is 2.47. The molecule has 1 rings (SSSR count). The number of phosphoric acid groups is 1. The molecule has 330 valence electrons. The molecule has 0 radical (unpaired) electrons. The number of hydrogen-bond donors (Lipinski definition) is 6. The summed E-state index contributed by atoms with van der Waals surface area (Å²) in [6, 6.07) is 0. The van der Waals surface area contributed by atoms with Gasteiger partial charge in [0.05, 0.1) is 6.61 Å². The van der Waals surface area contributed by atoms with Crippen molar-refractivity contribution in [2.75, 3.05) is 13.2 Å². The molecular weight excluding hydrogens is 743 g/mol. The zero-order chi connectivity index (χ0) is 41.4. The molecule has 0 spiro atoms. The predicted octanol–water partition coefficient (Wildman–Crippen LogP) is 7.89. The summed E-state index contributed by atoms with van der Waals surface area (Å²) in [5.74, 6) is -1.10. The Morgan fingerprint density at radius 3 is 1.36 bits per heavy atom. The van der Waals surface area contributed by atoms with Crippen molar-refractivity contribution in [3.8, 4) is 0 Å². The van der Waals surface area contributed by atoms with Gasteiger partial charge in [0.2, 0.25) is 0 Å². The molecule has 1 saturated carbocycles. The fourth-order valence-electron chi connectivity index (χ4n) is 6.75. The third kappa shape index (κ3) is 25.8. The van der Waals surface area contributed by atoms with E-state index in [4.69, 9.17) is 18.5 Å². The fraction of sp³-hybridized carbons (Fsp3) is 0.905. The van der Waals surface area contributed by atoms with Crippen LogP contribution in [0.1, 0.15) is 187 Å². The van der Waals surface area contributed by atoms with Gasteiger partial charge in [0.1, 0.15) is 43.2 Å². The second-order valence-electron chi connectivity index (χ2n) is 15.6. The highest BCUT2D eigenvalue weighted by molar-refractivity contribution is 7.47. The molecule has 1 fully saturated rings. The predicted molar refractivity (Wildman–Crippen MR) is 217 cm³/mol. The van der Waals surface area contributed by atoms with Crippen molar-refractivity contribution in [3.05, 3.63) is 12.2 Å². The maximum Gasteiger partial charge on any atom is 0.472 e. The summed E-state index contributed by atoms with van der Waals surface area (Å²) in [4.78, 5) is 35.6. The zero-order valence-corrected chi connectivity index (χ0v) is 35.6. The number of aliphatic hydroxyl groups is 5. The molecule has 56 heavy (non-hydrogen) atoms. The topological polar surface area (TPSA) is 210 Å². The summed E-state index contributed by atoms with van der Waals surface area (Å²) in [6.07, 6.45) is 19.8. The second kappa shape index (κ2) is 33.4. The molecule has 0 amide bonds. The van der Waals surface area contributed by atoms with Crippen molar-refractivity contribution in [1.29, 1.82) is 0 Å². The van der Waals surface area contributed by atoms with Gasteiger partial charge in [-0.25, -0.2) is 4.57 Å². The zero-order valence-electron chi connectivity index (χ0n) is 34.7. The molecule has 1 aliphatic rings. The first kappa shape index (κ1) is 52.6. The van der Waals surface area contributed by atoms with Crippen molar-refractivity contribution in [2.24, 2.45) is 0 Å². The van der Waals surface area contributed by atoms with E-state index in [9.17, 15) is 44.6 Å². The normalized spacial score (nSPS) is 22.9. The number of rotatable bonds is 36. The van der Waals surface area contributed by atoms with Gasteiger partial charge in [0, 0.05) is 12.8 Å². The van der Waals surface area contributed by atoms with Crippen LogP contribution < -0.4 is 0 Å². The van der Waals surface area contributed by atoms with E-state index in [0.717, 1.165) is 64.2 Å². The smallest absolute Gasteiger partial charge is 0.462 e. The van der Waals surface area contributed by atoms with Gasteiger partial charge in [-0.3, -0.25) is 18.6 Å². The van der Waals surface area contributed by atoms with Crippen molar-refractivity contribution in [2.45, 2.75) is 230 Å². The fourth-order valence-corrected chi connectivity index (χ4v) is 7.73. The van der Waals surface area contributed by atoms with Crippen LogP contribution in [0.4, 0.5) is 0 Å². The van der Waals surface area contributed by atoms with Crippen LogP contribution in [-0.2, 0) is 32.7 Å². The maximum absolute atomic E-state index is 12.8. The molecule has 0 aliphatic heterocycles. The van der Waals surface area contributed by atoms with E-state index < -0.39 is 75.7 Å². The number of ether oxygens (including phenoxy) is 2. The highest BCUT2D eigenvalue weighted by Gasteiger charge is 2.51. The summed E-state index contributed by atoms with van der Waals surface area (Å²) >= 11 is 0. The molecule has 1 aliphatic carbocycles. The molecule has 6 N–H and O–H groups in total. The van der Waals surface area contributed by atoms with Crippen LogP contribution in [0.2, 0.25) is 0 Å². The SMILES string of the molecule is CCCCCCC/C=C\CCCCCCCC(=O)OC[C@H](COP(=O)(O)OC1C(O)C(O)C(O)[C@@H](O)C1O)OC(=O)CCCCCCCCCCCCCCC. The van der Waals surface area contributed by atoms with Gasteiger partial charge in [0.25, 0.3) is 0 Å². The van der Waals surface area contributed by atoms with Gasteiger partial charge < -0.3 is 39.9 Å². The number of phosphoric ester groups is 1. The Morgan fingerprint density at radius 2 is 0.911 bits per heavy atom. The molecule has 0 aromatic heterocycles. The lowest BCUT2D eigenvalue weighted by molar-refractivity contribution is -0.220. The van der Waals surface area contributed by atoms with Crippen molar-refractivity contribution in [3.63, 3.8) is 0 Å². The summed E-state index contributed by atoms with van der Waals surface area (Å²) in [5, 5.41) is 50.0. The average Bonchev–Trinajstić information content (AvgIpc) is 3.18. The third-order valence-corrected chi connectivity index (χ3v) is 11.3. The van der Waals surface area contributed by atoms with Crippen LogP contribution >= 0.6 is 7.82 Å². The van der Waals surface area contributed by atoms with Gasteiger partial charge in [0.15, 0.2) is 6.10 Å². The van der Waals surface area contributed by atoms with Crippen LogP contribution in [0.5, 0.6) is 0 Å². The van der Waals surface area contributed by atoms with Gasteiger partial charge >= 0.3 is 19.8 Å². The Kier molecular flexibility index (Phi) is 31.4. The Bertz CT molecular complexity index is 1040. The van der Waals surface area contributed by atoms with Gasteiger partial charge in [-0.15, -0.1) is 0 Å². The van der Waals surface area contributed by atoms with Crippen molar-refractivity contribution in [1.82, 2.24) is 0 Å². The summed E-state index contributed by atoms with van der Waals surface area (Å²) in [6.45, 7) is 3.27. The number of allylic oxidation sites excluding steroid dienone is 2. The summed E-state index contributed by atoms with van der Waals surface area (Å²) in [7, 11) is -5.11. The second-order valence-corrected chi connectivity index (χ2v) is 17.0. The average molecular weight is 823 g/mol. The number of aliphatic hydroxyl groups excluding tert-OH is 5. The van der Waals surface area contributed by atoms with Crippen molar-refractivity contribution < 1.29 is 63.1 Å². The summed E-state index contributed by atoms with van der Waals surface area (Å²) < 4.78 is 33.4. The van der Waals surface area contributed by atoms with E-state index in [1.807, 2.05) is 0 Å². The monoisotopic (exact) mass is 823 g/mol. The minimum atomic E-state index is -5.11. The Labute approximate surface area is 337 Å². The molecule has 0 aromatic carbocycles. The first-order valence-electron chi connectivity index (χ1n) is 22.0. The molecule has 0 aromatic rings. The third-order valence-electron chi connectivity index (χ3n) is 10.4. The van der Waals surface area contributed by atoms with Crippen LogP contribution in [0.25, 0.3) is 0 Å². The number of hydrogen-bond acceptors (Lipinski definition) is 12. The number of carbonyl (C=O) groups excluding carboxylic acids is 2. The Morgan fingerprint density at radius 1 is 0.536 bits per heavy atom. The first-order valence-corrected chi connectivity index (χ1v) is 23.5. The molecule has 0 heterocycles. The number of esters is 2. The molecular formula is C42H79O13P. The first-order chi connectivity index (χ1) is 26.9.